The van der Waals surface area contributed by atoms with Gasteiger partial charge in [-0.25, -0.2) is 0 Å². The molecule has 4 nitrogen and oxygen atoms in total. The molecule has 0 heterocycles. The van der Waals surface area contributed by atoms with E-state index in [1.165, 1.54) is 0 Å². The molecule has 4 heteroatoms. The maximum Gasteiger partial charge on any atom is 0.303 e. The molecule has 78 valence electrons. The molecule has 0 saturated carbocycles. The van der Waals surface area contributed by atoms with Gasteiger partial charge in [-0.3, -0.25) is 4.79 Å². The van der Waals surface area contributed by atoms with E-state index in [0.717, 1.165) is 6.42 Å². The van der Waals surface area contributed by atoms with Crippen LogP contribution in [0.25, 0.3) is 0 Å². The van der Waals surface area contributed by atoms with E-state index in [1.807, 2.05) is 13.8 Å². The Hall–Kier alpha value is -0.610. The molecule has 2 atom stereocenters. The molecule has 13 heavy (non-hydrogen) atoms. The van der Waals surface area contributed by atoms with Gasteiger partial charge in [0.1, 0.15) is 0 Å². The van der Waals surface area contributed by atoms with E-state index in [9.17, 15) is 4.79 Å². The first kappa shape index (κ1) is 12.4. The monoisotopic (exact) mass is 189 g/mol. The third-order valence-corrected chi connectivity index (χ3v) is 2.02. The number of aliphatic hydroxyl groups excluding tert-OH is 1. The van der Waals surface area contributed by atoms with Crippen LogP contribution in [0.2, 0.25) is 0 Å². The summed E-state index contributed by atoms with van der Waals surface area (Å²) in [7, 11) is 0. The number of hydrogen-bond donors (Lipinski definition) is 3. The van der Waals surface area contributed by atoms with Crippen LogP contribution in [-0.4, -0.2) is 34.9 Å². The van der Waals surface area contributed by atoms with Crippen molar-refractivity contribution in [1.29, 1.82) is 0 Å². The Balaban J connectivity index is 3.59. The number of rotatable bonds is 7. The Morgan fingerprint density at radius 3 is 2.54 bits per heavy atom. The van der Waals surface area contributed by atoms with Crippen molar-refractivity contribution in [2.45, 2.75) is 45.2 Å². The second-order valence-corrected chi connectivity index (χ2v) is 3.29. The van der Waals surface area contributed by atoms with E-state index in [0.29, 0.717) is 6.42 Å². The molecule has 0 amide bonds. The minimum Gasteiger partial charge on any atom is -0.481 e. The van der Waals surface area contributed by atoms with Gasteiger partial charge in [0, 0.05) is 18.5 Å². The fraction of sp³-hybridized carbons (Fsp3) is 0.889. The molecule has 0 aromatic heterocycles. The maximum atomic E-state index is 10.3. The van der Waals surface area contributed by atoms with E-state index >= 15 is 0 Å². The van der Waals surface area contributed by atoms with Crippen LogP contribution in [0.15, 0.2) is 0 Å². The van der Waals surface area contributed by atoms with Gasteiger partial charge >= 0.3 is 5.97 Å². The topological polar surface area (TPSA) is 69.6 Å². The quantitative estimate of drug-likeness (QED) is 0.548. The van der Waals surface area contributed by atoms with Crippen molar-refractivity contribution in [2.75, 3.05) is 6.61 Å². The minimum absolute atomic E-state index is 0.0868. The highest BCUT2D eigenvalue weighted by molar-refractivity contribution is 5.66. The summed E-state index contributed by atoms with van der Waals surface area (Å²) in [6.07, 6.45) is 1.63. The van der Waals surface area contributed by atoms with Crippen molar-refractivity contribution in [1.82, 2.24) is 5.32 Å². The fourth-order valence-corrected chi connectivity index (χ4v) is 1.13. The lowest BCUT2D eigenvalue weighted by atomic mass is 10.1. The van der Waals surface area contributed by atoms with Crippen LogP contribution >= 0.6 is 0 Å². The third kappa shape index (κ3) is 6.54. The highest BCUT2D eigenvalue weighted by atomic mass is 16.4. The van der Waals surface area contributed by atoms with Gasteiger partial charge in [-0.15, -0.1) is 0 Å². The van der Waals surface area contributed by atoms with Crippen LogP contribution in [0.4, 0.5) is 0 Å². The summed E-state index contributed by atoms with van der Waals surface area (Å²) in [5.41, 5.74) is 0. The number of carbonyl (C=O) groups is 1. The molecule has 2 unspecified atom stereocenters. The average Bonchev–Trinajstić information content (AvgIpc) is 2.10. The summed E-state index contributed by atoms with van der Waals surface area (Å²) in [5, 5.41) is 20.5. The summed E-state index contributed by atoms with van der Waals surface area (Å²) in [6, 6.07) is 0.233. The summed E-state index contributed by atoms with van der Waals surface area (Å²) in [5.74, 6) is -0.773. The first-order valence-corrected chi connectivity index (χ1v) is 4.68. The van der Waals surface area contributed by atoms with Gasteiger partial charge in [-0.05, 0) is 19.8 Å². The van der Waals surface area contributed by atoms with Crippen LogP contribution in [0.1, 0.15) is 33.1 Å². The molecule has 0 aliphatic carbocycles. The normalized spacial score (nSPS) is 15.3. The van der Waals surface area contributed by atoms with Gasteiger partial charge in [0.05, 0.1) is 6.61 Å². The smallest absolute Gasteiger partial charge is 0.303 e. The Morgan fingerprint density at radius 2 is 2.15 bits per heavy atom. The molecule has 0 aliphatic rings. The Labute approximate surface area is 79.0 Å². The van der Waals surface area contributed by atoms with Crippen molar-refractivity contribution in [2.24, 2.45) is 0 Å². The molecule has 0 aromatic carbocycles. The molecule has 3 N–H and O–H groups in total. The van der Waals surface area contributed by atoms with E-state index < -0.39 is 5.97 Å². The molecule has 0 spiro atoms. The van der Waals surface area contributed by atoms with E-state index in [2.05, 4.69) is 5.32 Å². The number of carboxylic acid groups (broad SMARTS) is 1. The van der Waals surface area contributed by atoms with Gasteiger partial charge < -0.3 is 15.5 Å². The maximum absolute atomic E-state index is 10.3. The molecule has 0 aromatic rings. The number of aliphatic carboxylic acids is 1. The van der Waals surface area contributed by atoms with Gasteiger partial charge in [-0.1, -0.05) is 6.92 Å². The van der Waals surface area contributed by atoms with Crippen molar-refractivity contribution in [3.63, 3.8) is 0 Å². The average molecular weight is 189 g/mol. The highest BCUT2D eigenvalue weighted by Crippen LogP contribution is 1.99. The Kier molecular flexibility index (Phi) is 6.54. The first-order valence-electron chi connectivity index (χ1n) is 4.68. The highest BCUT2D eigenvalue weighted by Gasteiger charge is 2.09. The second-order valence-electron chi connectivity index (χ2n) is 3.29. The lowest BCUT2D eigenvalue weighted by molar-refractivity contribution is -0.137. The number of carboxylic acids is 1. The van der Waals surface area contributed by atoms with Crippen molar-refractivity contribution < 1.29 is 15.0 Å². The van der Waals surface area contributed by atoms with Crippen LogP contribution in [0.3, 0.4) is 0 Å². The third-order valence-electron chi connectivity index (χ3n) is 2.02. The largest absolute Gasteiger partial charge is 0.481 e. The second kappa shape index (κ2) is 6.86. The van der Waals surface area contributed by atoms with Gasteiger partial charge in [0.25, 0.3) is 0 Å². The summed E-state index contributed by atoms with van der Waals surface area (Å²) < 4.78 is 0. The number of aliphatic hydroxyl groups is 1. The zero-order valence-corrected chi connectivity index (χ0v) is 8.29. The summed E-state index contributed by atoms with van der Waals surface area (Å²) >= 11 is 0. The Bertz CT molecular complexity index is 146. The lowest BCUT2D eigenvalue weighted by Gasteiger charge is -2.19. The lowest BCUT2D eigenvalue weighted by Crippen LogP contribution is -2.38. The van der Waals surface area contributed by atoms with Crippen LogP contribution in [0.5, 0.6) is 0 Å². The predicted molar refractivity (Wildman–Crippen MR) is 50.6 cm³/mol. The van der Waals surface area contributed by atoms with E-state index in [-0.39, 0.29) is 25.1 Å². The standard InChI is InChI=1S/C9H19NO3/c1-3-8(6-11)10-7(2)4-5-9(12)13/h7-8,10-11H,3-6H2,1-2H3,(H,12,13). The molecule has 0 aliphatic heterocycles. The van der Waals surface area contributed by atoms with Crippen LogP contribution < -0.4 is 5.32 Å². The van der Waals surface area contributed by atoms with Crippen molar-refractivity contribution in [3.8, 4) is 0 Å². The Morgan fingerprint density at radius 1 is 1.54 bits per heavy atom. The van der Waals surface area contributed by atoms with Crippen LogP contribution in [-0.2, 0) is 4.79 Å². The van der Waals surface area contributed by atoms with Crippen molar-refractivity contribution in [3.05, 3.63) is 0 Å². The molecule has 0 bridgehead atoms. The minimum atomic E-state index is -0.773. The molecule has 0 rings (SSSR count). The molecule has 0 radical (unpaired) electrons. The zero-order valence-electron chi connectivity index (χ0n) is 8.29. The van der Waals surface area contributed by atoms with E-state index in [1.54, 1.807) is 0 Å². The fourth-order valence-electron chi connectivity index (χ4n) is 1.13. The van der Waals surface area contributed by atoms with Crippen molar-refractivity contribution >= 4 is 5.97 Å². The number of nitrogens with one attached hydrogen (secondary N) is 1. The summed E-state index contributed by atoms with van der Waals surface area (Å²) in [4.78, 5) is 10.3. The van der Waals surface area contributed by atoms with Gasteiger partial charge in [-0.2, -0.15) is 0 Å². The molecule has 0 saturated heterocycles. The first-order chi connectivity index (χ1) is 6.10. The zero-order chi connectivity index (χ0) is 10.3. The van der Waals surface area contributed by atoms with Gasteiger partial charge in [0.15, 0.2) is 0 Å². The molecule has 0 fully saturated rings. The molecular formula is C9H19NO3. The number of hydrogen-bond acceptors (Lipinski definition) is 3. The van der Waals surface area contributed by atoms with Crippen LogP contribution in [0, 0.1) is 0 Å². The molecular weight excluding hydrogens is 170 g/mol. The van der Waals surface area contributed by atoms with Gasteiger partial charge in [0.2, 0.25) is 0 Å². The SMILES string of the molecule is CCC(CO)NC(C)CCC(=O)O. The van der Waals surface area contributed by atoms with E-state index in [4.69, 9.17) is 10.2 Å². The predicted octanol–water partition coefficient (Wildman–Crippen LogP) is 0.600. The summed E-state index contributed by atoms with van der Waals surface area (Å²) in [6.45, 7) is 4.02.